The van der Waals surface area contributed by atoms with Crippen molar-refractivity contribution in [3.05, 3.63) is 59.2 Å². The highest BCUT2D eigenvalue weighted by Crippen LogP contribution is 2.27. The molecule has 0 unspecified atom stereocenters. The third kappa shape index (κ3) is 6.81. The molecule has 0 spiro atoms. The number of nitrogens with zero attached hydrogens (tertiary/aromatic N) is 1. The van der Waals surface area contributed by atoms with E-state index in [4.69, 9.17) is 15.2 Å². The van der Waals surface area contributed by atoms with Crippen LogP contribution in [0.3, 0.4) is 0 Å². The zero-order valence-electron chi connectivity index (χ0n) is 14.9. The van der Waals surface area contributed by atoms with Crippen LogP contribution in [0.1, 0.15) is 16.7 Å². The number of guanidine groups is 1. The summed E-state index contributed by atoms with van der Waals surface area (Å²) in [7, 11) is 3.23. The summed E-state index contributed by atoms with van der Waals surface area (Å²) in [6.07, 6.45) is 0.910. The Morgan fingerprint density at radius 1 is 1.00 bits per heavy atom. The maximum Gasteiger partial charge on any atom is 0.188 e. The van der Waals surface area contributed by atoms with Gasteiger partial charge in [0, 0.05) is 6.54 Å². The van der Waals surface area contributed by atoms with Crippen molar-refractivity contribution in [1.29, 1.82) is 0 Å². The Morgan fingerprint density at radius 2 is 1.64 bits per heavy atom. The Labute approximate surface area is 166 Å². The van der Waals surface area contributed by atoms with E-state index in [-0.39, 0.29) is 24.0 Å². The average molecular weight is 455 g/mol. The standard InChI is InChI=1S/C19H25N3O2.HI/c1-14-4-6-15(7-5-14)10-11-21-19(20)22-13-16-8-9-17(23-2)18(12-16)24-3;/h4-9,12H,10-11,13H2,1-3H3,(H3,20,21,22);1H. The van der Waals surface area contributed by atoms with Gasteiger partial charge >= 0.3 is 0 Å². The van der Waals surface area contributed by atoms with Crippen molar-refractivity contribution >= 4 is 29.9 Å². The molecule has 0 fully saturated rings. The zero-order chi connectivity index (χ0) is 17.4. The fourth-order valence-electron chi connectivity index (χ4n) is 2.30. The number of aryl methyl sites for hydroxylation is 1. The minimum Gasteiger partial charge on any atom is -0.493 e. The SMILES string of the molecule is COc1ccc(CN=C(N)NCCc2ccc(C)cc2)cc1OC.I. The molecule has 0 saturated carbocycles. The molecule has 25 heavy (non-hydrogen) atoms. The summed E-state index contributed by atoms with van der Waals surface area (Å²) in [5.74, 6) is 1.84. The lowest BCUT2D eigenvalue weighted by Gasteiger charge is -2.09. The van der Waals surface area contributed by atoms with Crippen LogP contribution < -0.4 is 20.5 Å². The first-order valence-electron chi connectivity index (χ1n) is 7.92. The number of halogens is 1. The number of aliphatic imine (C=N–C) groups is 1. The van der Waals surface area contributed by atoms with Gasteiger partial charge in [0.05, 0.1) is 20.8 Å². The molecule has 0 aliphatic heterocycles. The number of rotatable bonds is 7. The third-order valence-electron chi connectivity index (χ3n) is 3.72. The van der Waals surface area contributed by atoms with Crippen molar-refractivity contribution in [3.8, 4) is 11.5 Å². The van der Waals surface area contributed by atoms with E-state index in [0.717, 1.165) is 18.5 Å². The highest BCUT2D eigenvalue weighted by molar-refractivity contribution is 14.0. The lowest BCUT2D eigenvalue weighted by Crippen LogP contribution is -2.33. The summed E-state index contributed by atoms with van der Waals surface area (Å²) in [5.41, 5.74) is 9.47. The third-order valence-corrected chi connectivity index (χ3v) is 3.72. The fourth-order valence-corrected chi connectivity index (χ4v) is 2.30. The van der Waals surface area contributed by atoms with Crippen molar-refractivity contribution in [2.24, 2.45) is 10.7 Å². The first kappa shape index (κ1) is 21.1. The monoisotopic (exact) mass is 455 g/mol. The summed E-state index contributed by atoms with van der Waals surface area (Å²) in [5, 5.41) is 3.14. The van der Waals surface area contributed by atoms with Crippen LogP contribution in [0.25, 0.3) is 0 Å². The predicted octanol–water partition coefficient (Wildman–Crippen LogP) is 3.28. The lowest BCUT2D eigenvalue weighted by molar-refractivity contribution is 0.354. The molecule has 0 heterocycles. The Kier molecular flexibility index (Phi) is 9.12. The Bertz CT molecular complexity index is 688. The van der Waals surface area contributed by atoms with Gasteiger partial charge in [-0.25, -0.2) is 4.99 Å². The van der Waals surface area contributed by atoms with Crippen LogP contribution in [0.4, 0.5) is 0 Å². The molecule has 3 N–H and O–H groups in total. The van der Waals surface area contributed by atoms with Gasteiger partial charge in [-0.05, 0) is 36.6 Å². The van der Waals surface area contributed by atoms with Gasteiger partial charge in [0.2, 0.25) is 0 Å². The second-order valence-corrected chi connectivity index (χ2v) is 5.55. The smallest absolute Gasteiger partial charge is 0.188 e. The van der Waals surface area contributed by atoms with Gasteiger partial charge in [0.1, 0.15) is 0 Å². The molecule has 5 nitrogen and oxygen atoms in total. The topological polar surface area (TPSA) is 68.9 Å². The number of methoxy groups -OCH3 is 2. The van der Waals surface area contributed by atoms with E-state index >= 15 is 0 Å². The molecule has 0 amide bonds. The summed E-state index contributed by atoms with van der Waals surface area (Å²) in [6.45, 7) is 3.33. The Balaban J connectivity index is 0.00000312. The van der Waals surface area contributed by atoms with Crippen LogP contribution >= 0.6 is 24.0 Å². The highest BCUT2D eigenvalue weighted by atomic mass is 127. The van der Waals surface area contributed by atoms with E-state index in [1.807, 2.05) is 18.2 Å². The average Bonchev–Trinajstić information content (AvgIpc) is 2.61. The molecule has 2 aromatic carbocycles. The molecule has 6 heteroatoms. The molecule has 0 atom stereocenters. The first-order valence-corrected chi connectivity index (χ1v) is 7.92. The predicted molar refractivity (Wildman–Crippen MR) is 113 cm³/mol. The Morgan fingerprint density at radius 3 is 2.28 bits per heavy atom. The van der Waals surface area contributed by atoms with Gasteiger partial charge in [0.15, 0.2) is 17.5 Å². The molecule has 0 aliphatic rings. The van der Waals surface area contributed by atoms with Gasteiger partial charge in [-0.2, -0.15) is 0 Å². The molecule has 0 saturated heterocycles. The quantitative estimate of drug-likeness (QED) is 0.382. The molecule has 0 aliphatic carbocycles. The van der Waals surface area contributed by atoms with Gasteiger partial charge < -0.3 is 20.5 Å². The van der Waals surface area contributed by atoms with Gasteiger partial charge in [-0.3, -0.25) is 0 Å². The van der Waals surface area contributed by atoms with Gasteiger partial charge in [-0.1, -0.05) is 35.9 Å². The molecular weight excluding hydrogens is 429 g/mol. The maximum atomic E-state index is 5.92. The van der Waals surface area contributed by atoms with Crippen LogP contribution in [-0.4, -0.2) is 26.7 Å². The van der Waals surface area contributed by atoms with E-state index < -0.39 is 0 Å². The molecule has 0 bridgehead atoms. The van der Waals surface area contributed by atoms with E-state index in [1.165, 1.54) is 11.1 Å². The summed E-state index contributed by atoms with van der Waals surface area (Å²) >= 11 is 0. The van der Waals surface area contributed by atoms with E-state index in [1.54, 1.807) is 14.2 Å². The number of benzene rings is 2. The van der Waals surface area contributed by atoms with Crippen molar-refractivity contribution in [3.63, 3.8) is 0 Å². The second-order valence-electron chi connectivity index (χ2n) is 5.55. The normalized spacial score (nSPS) is 10.8. The summed E-state index contributed by atoms with van der Waals surface area (Å²) < 4.78 is 10.5. The molecule has 2 rings (SSSR count). The maximum absolute atomic E-state index is 5.92. The van der Waals surface area contributed by atoms with Crippen LogP contribution in [0.2, 0.25) is 0 Å². The minimum atomic E-state index is 0. The van der Waals surface area contributed by atoms with Crippen molar-refractivity contribution in [2.75, 3.05) is 20.8 Å². The van der Waals surface area contributed by atoms with Crippen LogP contribution in [-0.2, 0) is 13.0 Å². The van der Waals surface area contributed by atoms with Crippen molar-refractivity contribution < 1.29 is 9.47 Å². The summed E-state index contributed by atoms with van der Waals surface area (Å²) in [4.78, 5) is 4.36. The minimum absolute atomic E-state index is 0. The van der Waals surface area contributed by atoms with E-state index in [9.17, 15) is 0 Å². The Hall–Kier alpha value is -1.96. The van der Waals surface area contributed by atoms with Crippen LogP contribution in [0.5, 0.6) is 11.5 Å². The van der Waals surface area contributed by atoms with Crippen LogP contribution in [0, 0.1) is 6.92 Å². The van der Waals surface area contributed by atoms with Crippen molar-refractivity contribution in [1.82, 2.24) is 5.32 Å². The zero-order valence-corrected chi connectivity index (χ0v) is 17.2. The van der Waals surface area contributed by atoms with E-state index in [0.29, 0.717) is 24.0 Å². The first-order chi connectivity index (χ1) is 11.6. The number of hydrogen-bond acceptors (Lipinski definition) is 3. The lowest BCUT2D eigenvalue weighted by atomic mass is 10.1. The number of nitrogens with two attached hydrogens (primary N) is 1. The van der Waals surface area contributed by atoms with Crippen molar-refractivity contribution in [2.45, 2.75) is 19.9 Å². The van der Waals surface area contributed by atoms with Crippen LogP contribution in [0.15, 0.2) is 47.5 Å². The number of ether oxygens (including phenoxy) is 2. The van der Waals surface area contributed by atoms with E-state index in [2.05, 4.69) is 41.5 Å². The fraction of sp³-hybridized carbons (Fsp3) is 0.316. The second kappa shape index (κ2) is 10.8. The molecule has 2 aromatic rings. The summed E-state index contributed by atoms with van der Waals surface area (Å²) in [6, 6.07) is 14.2. The van der Waals surface area contributed by atoms with Gasteiger partial charge in [-0.15, -0.1) is 24.0 Å². The molecule has 0 aromatic heterocycles. The molecule has 136 valence electrons. The number of hydrogen-bond donors (Lipinski definition) is 2. The highest BCUT2D eigenvalue weighted by Gasteiger charge is 2.04. The number of nitrogens with one attached hydrogen (secondary N) is 1. The largest absolute Gasteiger partial charge is 0.493 e. The van der Waals surface area contributed by atoms with Gasteiger partial charge in [0.25, 0.3) is 0 Å². The molecular formula is C19H26IN3O2. The molecule has 0 radical (unpaired) electrons.